The molecule has 25 heavy (non-hydrogen) atoms. The predicted molar refractivity (Wildman–Crippen MR) is 100 cm³/mol. The Morgan fingerprint density at radius 3 is 2.72 bits per heavy atom. The first kappa shape index (κ1) is 17.1. The molecule has 1 amide bonds. The molecule has 5 heteroatoms. The lowest BCUT2D eigenvalue weighted by molar-refractivity contribution is -0.116. The van der Waals surface area contributed by atoms with Crippen LogP contribution in [0.5, 0.6) is 0 Å². The quantitative estimate of drug-likeness (QED) is 0.853. The van der Waals surface area contributed by atoms with Gasteiger partial charge in [-0.05, 0) is 50.0 Å². The largest absolute Gasteiger partial charge is 0.347 e. The van der Waals surface area contributed by atoms with Crippen molar-refractivity contribution < 1.29 is 4.79 Å². The topological polar surface area (TPSA) is 58.1 Å². The minimum Gasteiger partial charge on any atom is -0.347 e. The van der Waals surface area contributed by atoms with Gasteiger partial charge in [0, 0.05) is 24.9 Å². The molecule has 0 spiro atoms. The van der Waals surface area contributed by atoms with Crippen molar-refractivity contribution in [3.63, 3.8) is 0 Å². The summed E-state index contributed by atoms with van der Waals surface area (Å²) in [5, 5.41) is 2.90. The van der Waals surface area contributed by atoms with Crippen LogP contribution in [0.15, 0.2) is 36.4 Å². The van der Waals surface area contributed by atoms with E-state index in [1.807, 2.05) is 50.3 Å². The molecular weight excluding hydrogens is 312 g/mol. The molecule has 0 atom stereocenters. The van der Waals surface area contributed by atoms with Crippen LogP contribution in [-0.4, -0.2) is 29.0 Å². The number of rotatable bonds is 5. The van der Waals surface area contributed by atoms with Crippen molar-refractivity contribution >= 4 is 17.9 Å². The third-order valence-electron chi connectivity index (χ3n) is 4.33. The van der Waals surface area contributed by atoms with Gasteiger partial charge in [0.1, 0.15) is 0 Å². The van der Waals surface area contributed by atoms with Gasteiger partial charge in [0.05, 0.1) is 12.2 Å². The average Bonchev–Trinajstić information content (AvgIpc) is 3.13. The van der Waals surface area contributed by atoms with Crippen LogP contribution in [0.4, 0.5) is 5.95 Å². The van der Waals surface area contributed by atoms with Crippen LogP contribution < -0.4 is 10.2 Å². The van der Waals surface area contributed by atoms with Crippen molar-refractivity contribution in [2.24, 2.45) is 0 Å². The summed E-state index contributed by atoms with van der Waals surface area (Å²) in [6.45, 7) is 6.41. The van der Waals surface area contributed by atoms with Gasteiger partial charge >= 0.3 is 0 Å². The number of amides is 1. The molecule has 1 aromatic carbocycles. The van der Waals surface area contributed by atoms with Crippen LogP contribution in [-0.2, 0) is 11.3 Å². The highest BCUT2D eigenvalue weighted by atomic mass is 16.1. The number of anilines is 1. The first-order valence-corrected chi connectivity index (χ1v) is 8.73. The number of nitrogens with zero attached hydrogens (tertiary/aromatic N) is 3. The maximum Gasteiger partial charge on any atom is 0.244 e. The lowest BCUT2D eigenvalue weighted by Crippen LogP contribution is -2.24. The first-order valence-electron chi connectivity index (χ1n) is 8.73. The Labute approximate surface area is 148 Å². The minimum absolute atomic E-state index is 0.123. The van der Waals surface area contributed by atoms with Gasteiger partial charge in [-0.15, -0.1) is 0 Å². The van der Waals surface area contributed by atoms with Crippen molar-refractivity contribution in [2.45, 2.75) is 33.2 Å². The third kappa shape index (κ3) is 4.66. The fourth-order valence-corrected chi connectivity index (χ4v) is 2.94. The molecule has 1 aliphatic heterocycles. The lowest BCUT2D eigenvalue weighted by Gasteiger charge is -2.16. The van der Waals surface area contributed by atoms with Gasteiger partial charge in [0.2, 0.25) is 11.9 Å². The van der Waals surface area contributed by atoms with Crippen LogP contribution in [0.3, 0.4) is 0 Å². The predicted octanol–water partition coefficient (Wildman–Crippen LogP) is 3.02. The van der Waals surface area contributed by atoms with Gasteiger partial charge in [-0.2, -0.15) is 0 Å². The summed E-state index contributed by atoms with van der Waals surface area (Å²) in [4.78, 5) is 23.4. The molecule has 0 radical (unpaired) electrons. The Hall–Kier alpha value is -2.69. The molecule has 3 rings (SSSR count). The third-order valence-corrected chi connectivity index (χ3v) is 4.33. The number of carbonyl (C=O) groups is 1. The molecule has 0 aliphatic carbocycles. The normalized spacial score (nSPS) is 14.2. The highest BCUT2D eigenvalue weighted by Gasteiger charge is 2.15. The van der Waals surface area contributed by atoms with E-state index >= 15 is 0 Å². The zero-order valence-corrected chi connectivity index (χ0v) is 14.8. The number of aromatic nitrogens is 2. The summed E-state index contributed by atoms with van der Waals surface area (Å²) in [6, 6.07) is 9.90. The van der Waals surface area contributed by atoms with E-state index in [4.69, 9.17) is 0 Å². The summed E-state index contributed by atoms with van der Waals surface area (Å²) < 4.78 is 0. The van der Waals surface area contributed by atoms with E-state index < -0.39 is 0 Å². The number of hydrogen-bond donors (Lipinski definition) is 1. The molecule has 5 nitrogen and oxygen atoms in total. The highest BCUT2D eigenvalue weighted by Crippen LogP contribution is 2.16. The minimum atomic E-state index is -0.123. The van der Waals surface area contributed by atoms with E-state index in [0.29, 0.717) is 6.54 Å². The van der Waals surface area contributed by atoms with Crippen molar-refractivity contribution in [2.75, 3.05) is 18.0 Å². The fourth-order valence-electron chi connectivity index (χ4n) is 2.94. The Kier molecular flexibility index (Phi) is 5.43. The number of benzene rings is 1. The van der Waals surface area contributed by atoms with Gasteiger partial charge in [0.25, 0.3) is 0 Å². The number of hydrogen-bond acceptors (Lipinski definition) is 4. The molecule has 1 saturated heterocycles. The number of aryl methyl sites for hydroxylation is 2. The van der Waals surface area contributed by atoms with Crippen LogP contribution >= 0.6 is 0 Å². The second kappa shape index (κ2) is 7.92. The van der Waals surface area contributed by atoms with Crippen LogP contribution in [0.1, 0.15) is 35.4 Å². The molecular formula is C20H24N4O. The SMILES string of the molecule is Cc1cc(CNC(=O)/C=C/c2ccccc2C)nc(N2CCCC2)n1. The summed E-state index contributed by atoms with van der Waals surface area (Å²) in [7, 11) is 0. The van der Waals surface area contributed by atoms with E-state index in [-0.39, 0.29) is 5.91 Å². The molecule has 1 aliphatic rings. The fraction of sp³-hybridized carbons (Fsp3) is 0.350. The Balaban J connectivity index is 1.61. The van der Waals surface area contributed by atoms with Gasteiger partial charge in [-0.3, -0.25) is 4.79 Å². The zero-order valence-electron chi connectivity index (χ0n) is 14.8. The van der Waals surface area contributed by atoms with Crippen molar-refractivity contribution in [3.05, 3.63) is 58.9 Å². The van der Waals surface area contributed by atoms with Crippen molar-refractivity contribution in [1.82, 2.24) is 15.3 Å². The number of nitrogens with one attached hydrogen (secondary N) is 1. The molecule has 1 aromatic heterocycles. The second-order valence-corrected chi connectivity index (χ2v) is 6.40. The average molecular weight is 336 g/mol. The lowest BCUT2D eigenvalue weighted by atomic mass is 10.1. The van der Waals surface area contributed by atoms with E-state index in [1.54, 1.807) is 6.08 Å². The molecule has 2 aromatic rings. The van der Waals surface area contributed by atoms with E-state index in [9.17, 15) is 4.79 Å². The van der Waals surface area contributed by atoms with Gasteiger partial charge in [0.15, 0.2) is 0 Å². The van der Waals surface area contributed by atoms with E-state index in [1.165, 1.54) is 12.8 Å². The summed E-state index contributed by atoms with van der Waals surface area (Å²) in [5.74, 6) is 0.652. The van der Waals surface area contributed by atoms with Gasteiger partial charge in [-0.1, -0.05) is 24.3 Å². The standard InChI is InChI=1S/C20H24N4O/c1-15-7-3-4-8-17(15)9-10-19(25)21-14-18-13-16(2)22-20(23-18)24-11-5-6-12-24/h3-4,7-10,13H,5-6,11-12,14H2,1-2H3,(H,21,25)/b10-9+. The zero-order chi connectivity index (χ0) is 17.6. The van der Waals surface area contributed by atoms with Crippen LogP contribution in [0.25, 0.3) is 6.08 Å². The molecule has 0 unspecified atom stereocenters. The summed E-state index contributed by atoms with van der Waals surface area (Å²) in [5.41, 5.74) is 3.96. The Morgan fingerprint density at radius 2 is 1.96 bits per heavy atom. The molecule has 0 saturated carbocycles. The molecule has 1 N–H and O–H groups in total. The molecule has 1 fully saturated rings. The molecule has 130 valence electrons. The van der Waals surface area contributed by atoms with Crippen LogP contribution in [0.2, 0.25) is 0 Å². The number of carbonyl (C=O) groups excluding carboxylic acids is 1. The molecule has 2 heterocycles. The smallest absolute Gasteiger partial charge is 0.244 e. The van der Waals surface area contributed by atoms with Crippen LogP contribution in [0, 0.1) is 13.8 Å². The van der Waals surface area contributed by atoms with E-state index in [2.05, 4.69) is 20.2 Å². The van der Waals surface area contributed by atoms with Crippen molar-refractivity contribution in [3.8, 4) is 0 Å². The van der Waals surface area contributed by atoms with Gasteiger partial charge in [-0.25, -0.2) is 9.97 Å². The summed E-state index contributed by atoms with van der Waals surface area (Å²) in [6.07, 6.45) is 5.78. The Morgan fingerprint density at radius 1 is 1.20 bits per heavy atom. The monoisotopic (exact) mass is 336 g/mol. The van der Waals surface area contributed by atoms with Crippen molar-refractivity contribution in [1.29, 1.82) is 0 Å². The first-order chi connectivity index (χ1) is 12.1. The second-order valence-electron chi connectivity index (χ2n) is 6.40. The molecule has 0 bridgehead atoms. The maximum atomic E-state index is 12.1. The maximum absolute atomic E-state index is 12.1. The summed E-state index contributed by atoms with van der Waals surface area (Å²) >= 11 is 0. The van der Waals surface area contributed by atoms with E-state index in [0.717, 1.165) is 41.6 Å². The highest BCUT2D eigenvalue weighted by molar-refractivity contribution is 5.91. The Bertz CT molecular complexity index is 779. The van der Waals surface area contributed by atoms with Gasteiger partial charge < -0.3 is 10.2 Å².